The Bertz CT molecular complexity index is 315. The zero-order valence-electron chi connectivity index (χ0n) is 14.9. The van der Waals surface area contributed by atoms with Gasteiger partial charge in [-0.3, -0.25) is 4.90 Å². The van der Waals surface area contributed by atoms with Crippen molar-refractivity contribution >= 4 is 0 Å². The molecule has 0 aromatic rings. The number of likely N-dealkylation sites (tertiary alicyclic amines) is 1. The van der Waals surface area contributed by atoms with Gasteiger partial charge in [-0.25, -0.2) is 0 Å². The molecule has 21 heavy (non-hydrogen) atoms. The standard InChI is InChI=1S/C18H37N3/c1-6-21-11-9-15(10-12-21)20(5)17-13-14(18(2,3)4)7-8-16(17)19/h14-17H,6-13,19H2,1-5H3. The van der Waals surface area contributed by atoms with E-state index in [4.69, 9.17) is 5.73 Å². The van der Waals surface area contributed by atoms with Crippen molar-refractivity contribution in [3.05, 3.63) is 0 Å². The Morgan fingerprint density at radius 1 is 1.10 bits per heavy atom. The summed E-state index contributed by atoms with van der Waals surface area (Å²) in [5.41, 5.74) is 6.91. The van der Waals surface area contributed by atoms with Gasteiger partial charge in [0.2, 0.25) is 0 Å². The molecular formula is C18H37N3. The van der Waals surface area contributed by atoms with E-state index in [9.17, 15) is 0 Å². The molecule has 1 aliphatic heterocycles. The highest BCUT2D eigenvalue weighted by Crippen LogP contribution is 2.39. The van der Waals surface area contributed by atoms with Crippen LogP contribution in [-0.4, -0.2) is 54.6 Å². The minimum atomic E-state index is 0.373. The van der Waals surface area contributed by atoms with Gasteiger partial charge >= 0.3 is 0 Å². The lowest BCUT2D eigenvalue weighted by Gasteiger charge is -2.47. The fourth-order valence-corrected chi connectivity index (χ4v) is 4.34. The average molecular weight is 296 g/mol. The van der Waals surface area contributed by atoms with Crippen LogP contribution in [0.3, 0.4) is 0 Å². The lowest BCUT2D eigenvalue weighted by Crippen LogP contribution is -2.56. The normalized spacial score (nSPS) is 33.6. The molecule has 2 fully saturated rings. The molecule has 124 valence electrons. The fourth-order valence-electron chi connectivity index (χ4n) is 4.34. The number of likely N-dealkylation sites (N-methyl/N-ethyl adjacent to an activating group) is 1. The predicted molar refractivity (Wildman–Crippen MR) is 91.5 cm³/mol. The van der Waals surface area contributed by atoms with Crippen LogP contribution in [-0.2, 0) is 0 Å². The molecule has 0 amide bonds. The second-order valence-electron chi connectivity index (χ2n) is 8.44. The molecule has 2 N–H and O–H groups in total. The SMILES string of the molecule is CCN1CCC(N(C)C2CC(C(C)(C)C)CCC2N)CC1. The predicted octanol–water partition coefficient (Wildman–Crippen LogP) is 2.94. The molecule has 0 bridgehead atoms. The minimum absolute atomic E-state index is 0.373. The average Bonchev–Trinajstić information content (AvgIpc) is 2.46. The number of hydrogen-bond acceptors (Lipinski definition) is 3. The van der Waals surface area contributed by atoms with Gasteiger partial charge < -0.3 is 10.6 Å². The Morgan fingerprint density at radius 2 is 1.71 bits per heavy atom. The summed E-state index contributed by atoms with van der Waals surface area (Å²) < 4.78 is 0. The number of rotatable bonds is 3. The lowest BCUT2D eigenvalue weighted by atomic mass is 9.69. The largest absolute Gasteiger partial charge is 0.326 e. The summed E-state index contributed by atoms with van der Waals surface area (Å²) in [6, 6.07) is 1.70. The van der Waals surface area contributed by atoms with E-state index in [1.165, 1.54) is 51.7 Å². The van der Waals surface area contributed by atoms with Crippen LogP contribution < -0.4 is 5.73 Å². The van der Waals surface area contributed by atoms with Gasteiger partial charge in [-0.2, -0.15) is 0 Å². The van der Waals surface area contributed by atoms with Crippen molar-refractivity contribution in [1.82, 2.24) is 9.80 Å². The summed E-state index contributed by atoms with van der Waals surface area (Å²) in [4.78, 5) is 5.22. The molecule has 1 saturated carbocycles. The smallest absolute Gasteiger partial charge is 0.0249 e. The van der Waals surface area contributed by atoms with Crippen molar-refractivity contribution in [3.63, 3.8) is 0 Å². The number of piperidine rings is 1. The van der Waals surface area contributed by atoms with Gasteiger partial charge in [-0.15, -0.1) is 0 Å². The Balaban J connectivity index is 1.95. The molecule has 0 aromatic heterocycles. The van der Waals surface area contributed by atoms with Crippen molar-refractivity contribution in [2.75, 3.05) is 26.7 Å². The summed E-state index contributed by atoms with van der Waals surface area (Å²) >= 11 is 0. The van der Waals surface area contributed by atoms with Crippen LogP contribution in [0.1, 0.15) is 59.8 Å². The van der Waals surface area contributed by atoms with Crippen LogP contribution in [0.4, 0.5) is 0 Å². The van der Waals surface area contributed by atoms with Gasteiger partial charge in [-0.1, -0.05) is 27.7 Å². The van der Waals surface area contributed by atoms with Gasteiger partial charge in [0.15, 0.2) is 0 Å². The van der Waals surface area contributed by atoms with Crippen LogP contribution in [0.5, 0.6) is 0 Å². The summed E-state index contributed by atoms with van der Waals surface area (Å²) in [6.45, 7) is 13.2. The number of nitrogens with two attached hydrogens (primary N) is 1. The molecule has 3 heteroatoms. The minimum Gasteiger partial charge on any atom is -0.326 e. The first-order chi connectivity index (χ1) is 9.82. The van der Waals surface area contributed by atoms with Gasteiger partial charge in [-0.05, 0) is 70.1 Å². The van der Waals surface area contributed by atoms with Crippen LogP contribution in [0, 0.1) is 11.3 Å². The molecule has 1 saturated heterocycles. The highest BCUT2D eigenvalue weighted by molar-refractivity contribution is 4.94. The summed E-state index contributed by atoms with van der Waals surface area (Å²) in [7, 11) is 2.34. The highest BCUT2D eigenvalue weighted by Gasteiger charge is 2.38. The third-order valence-corrected chi connectivity index (χ3v) is 6.20. The maximum absolute atomic E-state index is 6.49. The Morgan fingerprint density at radius 3 is 2.24 bits per heavy atom. The van der Waals surface area contributed by atoms with Crippen LogP contribution in [0.25, 0.3) is 0 Å². The fraction of sp³-hybridized carbons (Fsp3) is 1.00. The van der Waals surface area contributed by atoms with Crippen molar-refractivity contribution in [2.24, 2.45) is 17.1 Å². The third-order valence-electron chi connectivity index (χ3n) is 6.20. The first kappa shape index (κ1) is 17.2. The van der Waals surface area contributed by atoms with Crippen LogP contribution in [0.15, 0.2) is 0 Å². The first-order valence-electron chi connectivity index (χ1n) is 9.02. The second kappa shape index (κ2) is 6.97. The van der Waals surface area contributed by atoms with Gasteiger partial charge in [0.05, 0.1) is 0 Å². The second-order valence-corrected chi connectivity index (χ2v) is 8.44. The maximum Gasteiger partial charge on any atom is 0.0249 e. The number of hydrogen-bond donors (Lipinski definition) is 1. The molecule has 3 unspecified atom stereocenters. The maximum atomic E-state index is 6.49. The van der Waals surface area contributed by atoms with E-state index in [1.54, 1.807) is 0 Å². The summed E-state index contributed by atoms with van der Waals surface area (Å²) in [5.74, 6) is 0.820. The van der Waals surface area contributed by atoms with Crippen LogP contribution in [0.2, 0.25) is 0 Å². The molecule has 1 aliphatic carbocycles. The molecule has 2 rings (SSSR count). The molecular weight excluding hydrogens is 258 g/mol. The Labute approximate surface area is 132 Å². The number of nitrogens with zero attached hydrogens (tertiary/aromatic N) is 2. The van der Waals surface area contributed by atoms with Crippen molar-refractivity contribution in [2.45, 2.75) is 77.9 Å². The molecule has 0 radical (unpaired) electrons. The summed E-state index contributed by atoms with van der Waals surface area (Å²) in [6.07, 6.45) is 6.42. The quantitative estimate of drug-likeness (QED) is 0.869. The van der Waals surface area contributed by atoms with Crippen molar-refractivity contribution in [3.8, 4) is 0 Å². The molecule has 3 nitrogen and oxygen atoms in total. The monoisotopic (exact) mass is 295 g/mol. The lowest BCUT2D eigenvalue weighted by molar-refractivity contribution is 0.0374. The van der Waals surface area contributed by atoms with E-state index in [-0.39, 0.29) is 0 Å². The van der Waals surface area contributed by atoms with E-state index in [1.807, 2.05) is 0 Å². The Kier molecular flexibility index (Phi) is 5.72. The van der Waals surface area contributed by atoms with E-state index in [0.29, 0.717) is 17.5 Å². The van der Waals surface area contributed by atoms with Crippen molar-refractivity contribution in [1.29, 1.82) is 0 Å². The van der Waals surface area contributed by atoms with E-state index in [0.717, 1.165) is 12.0 Å². The topological polar surface area (TPSA) is 32.5 Å². The highest BCUT2D eigenvalue weighted by atomic mass is 15.2. The first-order valence-corrected chi connectivity index (χ1v) is 9.02. The van der Waals surface area contributed by atoms with Crippen molar-refractivity contribution < 1.29 is 0 Å². The zero-order chi connectivity index (χ0) is 15.6. The van der Waals surface area contributed by atoms with E-state index in [2.05, 4.69) is 44.5 Å². The third kappa shape index (κ3) is 4.20. The molecule has 2 aliphatic rings. The molecule has 0 aromatic carbocycles. The molecule has 3 atom stereocenters. The van der Waals surface area contributed by atoms with Gasteiger partial charge in [0, 0.05) is 18.1 Å². The zero-order valence-corrected chi connectivity index (χ0v) is 14.9. The molecule has 0 spiro atoms. The Hall–Kier alpha value is -0.120. The summed E-state index contributed by atoms with van der Waals surface area (Å²) in [5, 5.41) is 0. The van der Waals surface area contributed by atoms with Crippen LogP contribution >= 0.6 is 0 Å². The van der Waals surface area contributed by atoms with Gasteiger partial charge in [0.25, 0.3) is 0 Å². The van der Waals surface area contributed by atoms with Gasteiger partial charge in [0.1, 0.15) is 0 Å². The van der Waals surface area contributed by atoms with E-state index >= 15 is 0 Å². The molecule has 1 heterocycles. The van der Waals surface area contributed by atoms with E-state index < -0.39 is 0 Å².